The molecular formula is C38H36P2Pt+2. The van der Waals surface area contributed by atoms with Crippen molar-refractivity contribution in [3.8, 4) is 0 Å². The zero-order valence-corrected chi connectivity index (χ0v) is 27.5. The van der Waals surface area contributed by atoms with Crippen molar-refractivity contribution < 1.29 is 19.4 Å². The van der Waals surface area contributed by atoms with Crippen molar-refractivity contribution in [2.75, 3.05) is 0 Å². The molecule has 0 aliphatic heterocycles. The van der Waals surface area contributed by atoms with Gasteiger partial charge in [-0.05, 0) is 72.8 Å². The van der Waals surface area contributed by atoms with Crippen LogP contribution in [-0.2, 0) is 19.4 Å². The van der Waals surface area contributed by atoms with Gasteiger partial charge in [-0.3, -0.25) is 0 Å². The Morgan fingerprint density at radius 2 is 0.439 bits per heavy atom. The van der Waals surface area contributed by atoms with E-state index >= 15 is 0 Å². The molecule has 3 heteroatoms. The van der Waals surface area contributed by atoms with E-state index in [2.05, 4.69) is 201 Å². The molecular weight excluding hydrogens is 713 g/mol. The third-order valence-corrected chi connectivity index (χ3v) is 11.8. The minimum Gasteiger partial charge on any atom is -0.0620 e. The van der Waals surface area contributed by atoms with E-state index in [4.69, 9.17) is 0 Å². The SMILES string of the molecule is C[CH]=[Pt].c1ccc([PH+](c2ccccc2)c2ccccc2)cc1.c1ccc([PH+](c2ccccc2)c2ccccc2)cc1. The average molecular weight is 750 g/mol. The Bertz CT molecular complexity index is 1220. The van der Waals surface area contributed by atoms with Crippen molar-refractivity contribution in [1.29, 1.82) is 0 Å². The smallest absolute Gasteiger partial charge is 0.0620 e. The van der Waals surface area contributed by atoms with Gasteiger partial charge in [0.05, 0.1) is 15.8 Å². The molecule has 0 atom stereocenters. The predicted octanol–water partition coefficient (Wildman–Crippen LogP) is 6.71. The van der Waals surface area contributed by atoms with Gasteiger partial charge in [0.1, 0.15) is 31.8 Å². The summed E-state index contributed by atoms with van der Waals surface area (Å²) in [6.45, 7) is 1.99. The van der Waals surface area contributed by atoms with E-state index in [1.807, 2.05) is 11.3 Å². The summed E-state index contributed by atoms with van der Waals surface area (Å²) in [7, 11) is -1.75. The first-order valence-corrected chi connectivity index (χ1v) is 18.0. The van der Waals surface area contributed by atoms with Crippen LogP contribution in [0.3, 0.4) is 0 Å². The molecule has 41 heavy (non-hydrogen) atoms. The largest absolute Gasteiger partial charge is 0.102 e. The molecule has 0 saturated carbocycles. The summed E-state index contributed by atoms with van der Waals surface area (Å²) in [5, 5.41) is 8.61. The minimum absolute atomic E-state index is 0.877. The van der Waals surface area contributed by atoms with E-state index in [1.54, 1.807) is 0 Å². The van der Waals surface area contributed by atoms with E-state index in [0.717, 1.165) is 0 Å². The zero-order valence-electron chi connectivity index (χ0n) is 23.2. The Morgan fingerprint density at radius 3 is 0.561 bits per heavy atom. The van der Waals surface area contributed by atoms with Crippen LogP contribution in [0, 0.1) is 0 Å². The Balaban J connectivity index is 0.000000173. The third kappa shape index (κ3) is 9.38. The molecule has 0 unspecified atom stereocenters. The molecule has 0 amide bonds. The fourth-order valence-corrected chi connectivity index (χ4v) is 9.78. The molecule has 0 aromatic heterocycles. The fraction of sp³-hybridized carbons (Fsp3) is 0.0263. The van der Waals surface area contributed by atoms with Crippen LogP contribution < -0.4 is 31.8 Å². The number of hydrogen-bond donors (Lipinski definition) is 0. The molecule has 0 N–H and O–H groups in total. The van der Waals surface area contributed by atoms with E-state index in [1.165, 1.54) is 31.8 Å². The van der Waals surface area contributed by atoms with E-state index < -0.39 is 15.8 Å². The maximum Gasteiger partial charge on any atom is 0.102 e. The zero-order chi connectivity index (χ0) is 28.5. The summed E-state index contributed by atoms with van der Waals surface area (Å²) in [5.74, 6) is 0. The first kappa shape index (κ1) is 30.7. The van der Waals surface area contributed by atoms with Crippen LogP contribution in [0.2, 0.25) is 0 Å². The monoisotopic (exact) mass is 749 g/mol. The van der Waals surface area contributed by atoms with Crippen molar-refractivity contribution in [3.05, 3.63) is 182 Å². The Hall–Kier alpha value is -3.26. The van der Waals surface area contributed by atoms with Crippen molar-refractivity contribution >= 4 is 52.1 Å². The van der Waals surface area contributed by atoms with Crippen LogP contribution in [0.1, 0.15) is 6.92 Å². The van der Waals surface area contributed by atoms with E-state index in [0.29, 0.717) is 0 Å². The summed E-state index contributed by atoms with van der Waals surface area (Å²) >= 11 is 2.15. The van der Waals surface area contributed by atoms with Crippen LogP contribution in [0.25, 0.3) is 0 Å². The van der Waals surface area contributed by atoms with Crippen LogP contribution >= 0.6 is 15.8 Å². The van der Waals surface area contributed by atoms with E-state index in [9.17, 15) is 0 Å². The number of benzene rings is 6. The van der Waals surface area contributed by atoms with Gasteiger partial charge in [-0.25, -0.2) is 0 Å². The maximum absolute atomic E-state index is 2.24. The number of rotatable bonds is 6. The Morgan fingerprint density at radius 1 is 0.317 bits per heavy atom. The molecule has 6 aromatic rings. The van der Waals surface area contributed by atoms with Gasteiger partial charge in [0, 0.05) is 0 Å². The molecule has 0 spiro atoms. The van der Waals surface area contributed by atoms with Crippen molar-refractivity contribution in [2.45, 2.75) is 6.92 Å². The molecule has 0 aliphatic carbocycles. The van der Waals surface area contributed by atoms with Crippen molar-refractivity contribution in [3.63, 3.8) is 0 Å². The second-order valence-electron chi connectivity index (χ2n) is 9.13. The predicted molar refractivity (Wildman–Crippen MR) is 185 cm³/mol. The van der Waals surface area contributed by atoms with Crippen LogP contribution in [0.4, 0.5) is 0 Å². The molecule has 0 aliphatic rings. The molecule has 0 fully saturated rings. The van der Waals surface area contributed by atoms with Gasteiger partial charge in [0.25, 0.3) is 0 Å². The van der Waals surface area contributed by atoms with Crippen molar-refractivity contribution in [2.24, 2.45) is 0 Å². The van der Waals surface area contributed by atoms with Gasteiger partial charge in [-0.2, -0.15) is 0 Å². The van der Waals surface area contributed by atoms with Gasteiger partial charge < -0.3 is 0 Å². The molecule has 0 nitrogen and oxygen atoms in total. The summed E-state index contributed by atoms with van der Waals surface area (Å²) in [6, 6.07) is 65.0. The normalized spacial score (nSPS) is 10.2. The Kier molecular flexibility index (Phi) is 13.1. The van der Waals surface area contributed by atoms with Gasteiger partial charge in [0.2, 0.25) is 0 Å². The summed E-state index contributed by atoms with van der Waals surface area (Å²) in [5.41, 5.74) is 0. The average Bonchev–Trinajstić information content (AvgIpc) is 3.05. The molecule has 0 heterocycles. The molecule has 206 valence electrons. The molecule has 0 radical (unpaired) electrons. The van der Waals surface area contributed by atoms with Crippen LogP contribution in [0.15, 0.2) is 182 Å². The third-order valence-electron chi connectivity index (χ3n) is 6.37. The summed E-state index contributed by atoms with van der Waals surface area (Å²) < 4.78 is 1.97. The first-order chi connectivity index (χ1) is 20.3. The standard InChI is InChI=1S/2C18H15P.C2H4.Pt/c2*1-4-10-16(11-5-1)19(17-12-6-2-7-13-17)18-14-8-3-9-15-18;1-2;/h2*1-15H;1H,2H3;/p+2. The van der Waals surface area contributed by atoms with Crippen LogP contribution in [0.5, 0.6) is 0 Å². The summed E-state index contributed by atoms with van der Waals surface area (Å²) in [4.78, 5) is 0. The van der Waals surface area contributed by atoms with Gasteiger partial charge in [-0.15, -0.1) is 0 Å². The van der Waals surface area contributed by atoms with Gasteiger partial charge in [0.15, 0.2) is 0 Å². The topological polar surface area (TPSA) is 0 Å². The second kappa shape index (κ2) is 17.5. The second-order valence-corrected chi connectivity index (χ2v) is 15.4. The summed E-state index contributed by atoms with van der Waals surface area (Å²) in [6.07, 6.45) is 0. The van der Waals surface area contributed by atoms with Crippen LogP contribution in [-0.4, -0.2) is 4.40 Å². The Labute approximate surface area is 259 Å². The van der Waals surface area contributed by atoms with E-state index in [-0.39, 0.29) is 0 Å². The molecule has 6 aromatic carbocycles. The fourth-order valence-electron chi connectivity index (χ4n) is 4.63. The van der Waals surface area contributed by atoms with Gasteiger partial charge >= 0.3 is 30.7 Å². The molecule has 0 saturated heterocycles. The maximum atomic E-state index is 2.24. The number of hydrogen-bond acceptors (Lipinski definition) is 0. The quantitative estimate of drug-likeness (QED) is 0.166. The van der Waals surface area contributed by atoms with Crippen molar-refractivity contribution in [1.82, 2.24) is 0 Å². The molecule has 6 rings (SSSR count). The minimum atomic E-state index is -0.877. The van der Waals surface area contributed by atoms with Gasteiger partial charge in [-0.1, -0.05) is 109 Å². The molecule has 0 bridgehead atoms. The first-order valence-electron chi connectivity index (χ1n) is 13.7.